The maximum atomic E-state index is 13.7. The summed E-state index contributed by atoms with van der Waals surface area (Å²) in [5.41, 5.74) is -0.623. The predicted octanol–water partition coefficient (Wildman–Crippen LogP) is 1.29. The van der Waals surface area contributed by atoms with Crippen molar-refractivity contribution in [1.29, 1.82) is 0 Å². The van der Waals surface area contributed by atoms with E-state index in [1.807, 2.05) is 0 Å². The van der Waals surface area contributed by atoms with Gasteiger partial charge in [-0.1, -0.05) is 5.16 Å². The summed E-state index contributed by atoms with van der Waals surface area (Å²) in [6, 6.07) is 2.44. The van der Waals surface area contributed by atoms with Gasteiger partial charge < -0.3 is 14.7 Å². The molecule has 0 fully saturated rings. The highest BCUT2D eigenvalue weighted by Crippen LogP contribution is 2.33. The third-order valence-corrected chi connectivity index (χ3v) is 3.56. The van der Waals surface area contributed by atoms with Crippen LogP contribution >= 0.6 is 0 Å². The number of aromatic carboxylic acids is 1. The average molecular weight is 301 g/mol. The first-order valence-electron chi connectivity index (χ1n) is 5.13. The molecule has 0 bridgehead atoms. The largest absolute Gasteiger partial charge is 0.507 e. The fraction of sp³-hybridized carbons (Fsp3) is 0.0909. The predicted molar refractivity (Wildman–Crippen MR) is 63.6 cm³/mol. The van der Waals surface area contributed by atoms with E-state index < -0.39 is 38.0 Å². The SMILES string of the molecule is CS(=O)(=O)c1cc(O)c(-c2cc(C(=O)O)no2)cc1F. The number of nitrogens with zero attached hydrogens (tertiary/aromatic N) is 1. The van der Waals surface area contributed by atoms with Crippen LogP contribution in [0.15, 0.2) is 27.6 Å². The molecule has 106 valence electrons. The Morgan fingerprint density at radius 2 is 2.00 bits per heavy atom. The first kappa shape index (κ1) is 14.0. The van der Waals surface area contributed by atoms with E-state index in [1.54, 1.807) is 0 Å². The summed E-state index contributed by atoms with van der Waals surface area (Å²) in [5, 5.41) is 21.6. The van der Waals surface area contributed by atoms with E-state index in [0.717, 1.165) is 24.5 Å². The number of aromatic hydroxyl groups is 1. The number of hydrogen-bond acceptors (Lipinski definition) is 6. The van der Waals surface area contributed by atoms with Crippen LogP contribution < -0.4 is 0 Å². The van der Waals surface area contributed by atoms with Crippen LogP contribution in [0.2, 0.25) is 0 Å². The average Bonchev–Trinajstić information content (AvgIpc) is 2.79. The van der Waals surface area contributed by atoms with Crippen molar-refractivity contribution in [3.8, 4) is 17.1 Å². The molecule has 0 spiro atoms. The molecule has 1 aromatic heterocycles. The summed E-state index contributed by atoms with van der Waals surface area (Å²) >= 11 is 0. The standard InChI is InChI=1S/C11H8FNO6S/c1-20(17,18)10-4-8(14)5(2-6(10)12)9-3-7(11(15)16)13-19-9/h2-4,14H,1H3,(H,15,16). The van der Waals surface area contributed by atoms with E-state index in [2.05, 4.69) is 9.68 Å². The first-order valence-corrected chi connectivity index (χ1v) is 7.02. The van der Waals surface area contributed by atoms with Crippen LogP contribution in [0.1, 0.15) is 10.5 Å². The van der Waals surface area contributed by atoms with Gasteiger partial charge in [-0.15, -0.1) is 0 Å². The Balaban J connectivity index is 2.59. The number of carboxylic acid groups (broad SMARTS) is 1. The van der Waals surface area contributed by atoms with E-state index in [1.165, 1.54) is 0 Å². The minimum Gasteiger partial charge on any atom is -0.507 e. The maximum Gasteiger partial charge on any atom is 0.358 e. The minimum atomic E-state index is -3.84. The van der Waals surface area contributed by atoms with Crippen LogP contribution in [-0.2, 0) is 9.84 Å². The third kappa shape index (κ3) is 2.48. The van der Waals surface area contributed by atoms with E-state index in [4.69, 9.17) is 5.11 Å². The fourth-order valence-electron chi connectivity index (χ4n) is 1.53. The molecule has 0 aliphatic heterocycles. The molecule has 20 heavy (non-hydrogen) atoms. The summed E-state index contributed by atoms with van der Waals surface area (Å²) in [6.07, 6.45) is 0.793. The summed E-state index contributed by atoms with van der Waals surface area (Å²) < 4.78 is 40.9. The highest BCUT2D eigenvalue weighted by molar-refractivity contribution is 7.90. The number of benzene rings is 1. The lowest BCUT2D eigenvalue weighted by molar-refractivity contribution is 0.0686. The van der Waals surface area contributed by atoms with Gasteiger partial charge in [-0.05, 0) is 6.07 Å². The van der Waals surface area contributed by atoms with E-state index in [-0.39, 0.29) is 11.3 Å². The molecule has 0 aliphatic carbocycles. The lowest BCUT2D eigenvalue weighted by Gasteiger charge is -2.05. The zero-order valence-corrected chi connectivity index (χ0v) is 10.8. The molecule has 0 amide bonds. The van der Waals surface area contributed by atoms with Crippen molar-refractivity contribution in [3.63, 3.8) is 0 Å². The number of aromatic nitrogens is 1. The molecule has 0 saturated heterocycles. The van der Waals surface area contributed by atoms with E-state index in [0.29, 0.717) is 0 Å². The highest BCUT2D eigenvalue weighted by atomic mass is 32.2. The third-order valence-electron chi connectivity index (χ3n) is 2.44. The van der Waals surface area contributed by atoms with Gasteiger partial charge in [-0.25, -0.2) is 17.6 Å². The van der Waals surface area contributed by atoms with Crippen molar-refractivity contribution >= 4 is 15.8 Å². The van der Waals surface area contributed by atoms with Crippen LogP contribution in [-0.4, -0.2) is 36.0 Å². The number of hydrogen-bond donors (Lipinski definition) is 2. The van der Waals surface area contributed by atoms with Gasteiger partial charge in [0, 0.05) is 18.4 Å². The van der Waals surface area contributed by atoms with Crippen molar-refractivity contribution < 1.29 is 32.3 Å². The molecule has 0 unspecified atom stereocenters. The highest BCUT2D eigenvalue weighted by Gasteiger charge is 2.21. The molecular weight excluding hydrogens is 293 g/mol. The van der Waals surface area contributed by atoms with Crippen molar-refractivity contribution in [3.05, 3.63) is 29.7 Å². The first-order chi connectivity index (χ1) is 9.20. The summed E-state index contributed by atoms with van der Waals surface area (Å²) in [6.45, 7) is 0. The van der Waals surface area contributed by atoms with Gasteiger partial charge in [-0.3, -0.25) is 0 Å². The Kier molecular flexibility index (Phi) is 3.22. The Bertz CT molecular complexity index is 795. The fourth-order valence-corrected chi connectivity index (χ4v) is 2.27. The molecule has 0 radical (unpaired) electrons. The monoisotopic (exact) mass is 301 g/mol. The van der Waals surface area contributed by atoms with E-state index >= 15 is 0 Å². The summed E-state index contributed by atoms with van der Waals surface area (Å²) in [4.78, 5) is 9.97. The number of halogens is 1. The second kappa shape index (κ2) is 4.60. The Morgan fingerprint density at radius 1 is 1.35 bits per heavy atom. The Morgan fingerprint density at radius 3 is 2.50 bits per heavy atom. The number of sulfone groups is 1. The van der Waals surface area contributed by atoms with Crippen LogP contribution in [0.4, 0.5) is 4.39 Å². The summed E-state index contributed by atoms with van der Waals surface area (Å²) in [5.74, 6) is -3.21. The number of carboxylic acids is 1. The zero-order chi connectivity index (χ0) is 15.1. The normalized spacial score (nSPS) is 11.5. The molecule has 2 rings (SSSR count). The lowest BCUT2D eigenvalue weighted by Crippen LogP contribution is -2.01. The molecule has 0 saturated carbocycles. The van der Waals surface area contributed by atoms with Gasteiger partial charge in [0.25, 0.3) is 0 Å². The van der Waals surface area contributed by atoms with Crippen LogP contribution in [0, 0.1) is 5.82 Å². The molecule has 0 atom stereocenters. The number of rotatable bonds is 3. The zero-order valence-electron chi connectivity index (χ0n) is 9.99. The van der Waals surface area contributed by atoms with Crippen molar-refractivity contribution in [2.45, 2.75) is 4.90 Å². The Labute approximate surface area is 112 Å². The molecular formula is C11H8FNO6S. The van der Waals surface area contributed by atoms with Gasteiger partial charge in [-0.2, -0.15) is 0 Å². The second-order valence-corrected chi connectivity index (χ2v) is 5.94. The second-order valence-electron chi connectivity index (χ2n) is 3.95. The van der Waals surface area contributed by atoms with Gasteiger partial charge in [0.2, 0.25) is 0 Å². The Hall–Kier alpha value is -2.42. The smallest absolute Gasteiger partial charge is 0.358 e. The van der Waals surface area contributed by atoms with Gasteiger partial charge in [0.15, 0.2) is 21.3 Å². The van der Waals surface area contributed by atoms with Gasteiger partial charge >= 0.3 is 5.97 Å². The van der Waals surface area contributed by atoms with E-state index in [9.17, 15) is 22.7 Å². The number of carbonyl (C=O) groups is 1. The molecule has 9 heteroatoms. The van der Waals surface area contributed by atoms with Crippen LogP contribution in [0.25, 0.3) is 11.3 Å². The van der Waals surface area contributed by atoms with Crippen LogP contribution in [0.5, 0.6) is 5.75 Å². The van der Waals surface area contributed by atoms with Crippen molar-refractivity contribution in [2.75, 3.05) is 6.26 Å². The lowest BCUT2D eigenvalue weighted by atomic mass is 10.1. The maximum absolute atomic E-state index is 13.7. The number of phenols is 1. The van der Waals surface area contributed by atoms with Gasteiger partial charge in [0.05, 0.1) is 5.56 Å². The summed E-state index contributed by atoms with van der Waals surface area (Å²) in [7, 11) is -3.84. The molecule has 0 aliphatic rings. The van der Waals surface area contributed by atoms with Crippen molar-refractivity contribution in [2.24, 2.45) is 0 Å². The quantitative estimate of drug-likeness (QED) is 0.876. The molecule has 2 aromatic rings. The van der Waals surface area contributed by atoms with Gasteiger partial charge in [0.1, 0.15) is 16.5 Å². The molecule has 1 aromatic carbocycles. The van der Waals surface area contributed by atoms with Crippen molar-refractivity contribution in [1.82, 2.24) is 5.16 Å². The molecule has 7 nitrogen and oxygen atoms in total. The minimum absolute atomic E-state index is 0.196. The topological polar surface area (TPSA) is 118 Å². The molecule has 1 heterocycles. The van der Waals surface area contributed by atoms with Crippen LogP contribution in [0.3, 0.4) is 0 Å². The molecule has 2 N–H and O–H groups in total. The number of phenolic OH excluding ortho intramolecular Hbond substituents is 1.